The van der Waals surface area contributed by atoms with Gasteiger partial charge in [0.05, 0.1) is 0 Å². The fraction of sp³-hybridized carbons (Fsp3) is 0.500. The first-order chi connectivity index (χ1) is 8.19. The van der Waals surface area contributed by atoms with E-state index in [-0.39, 0.29) is 6.04 Å². The van der Waals surface area contributed by atoms with Crippen LogP contribution in [0.15, 0.2) is 30.3 Å². The topological polar surface area (TPSA) is 40.5 Å². The average molecular weight is 231 g/mol. The number of carboxylic acid groups (broad SMARTS) is 1. The summed E-state index contributed by atoms with van der Waals surface area (Å²) in [5.41, 5.74) is 1.63. The fourth-order valence-electron chi connectivity index (χ4n) is 2.74. The van der Waals surface area contributed by atoms with Crippen LogP contribution in [0, 0.1) is 5.41 Å². The molecule has 1 unspecified atom stereocenters. The van der Waals surface area contributed by atoms with Gasteiger partial charge in [-0.3, -0.25) is 9.69 Å². The Labute approximate surface area is 101 Å². The number of carboxylic acids is 1. The van der Waals surface area contributed by atoms with E-state index in [0.29, 0.717) is 11.8 Å². The van der Waals surface area contributed by atoms with Crippen LogP contribution in [0.2, 0.25) is 0 Å². The van der Waals surface area contributed by atoms with Gasteiger partial charge in [0.15, 0.2) is 0 Å². The van der Waals surface area contributed by atoms with E-state index in [1.807, 2.05) is 30.3 Å². The normalized spacial score (nSPS) is 23.1. The third-order valence-corrected chi connectivity index (χ3v) is 4.03. The number of likely N-dealkylation sites (tertiary alicyclic amines) is 1. The number of rotatable bonds is 4. The first-order valence-corrected chi connectivity index (χ1v) is 6.19. The lowest BCUT2D eigenvalue weighted by atomic mass is 9.92. The van der Waals surface area contributed by atoms with Gasteiger partial charge >= 0.3 is 5.97 Å². The summed E-state index contributed by atoms with van der Waals surface area (Å²) in [5, 5.41) is 9.32. The molecule has 1 heterocycles. The summed E-state index contributed by atoms with van der Waals surface area (Å²) in [6.07, 6.45) is 3.20. The molecule has 1 aromatic carbocycles. The van der Waals surface area contributed by atoms with Gasteiger partial charge in [-0.1, -0.05) is 30.3 Å². The van der Waals surface area contributed by atoms with Crippen LogP contribution in [0.5, 0.6) is 0 Å². The average Bonchev–Trinajstić information content (AvgIpc) is 3.05. The lowest BCUT2D eigenvalue weighted by molar-refractivity contribution is -0.146. The molecule has 1 N–H and O–H groups in total. The number of carbonyl (C=O) groups is 1. The van der Waals surface area contributed by atoms with Crippen LogP contribution in [0.1, 0.15) is 18.4 Å². The molecule has 2 fully saturated rings. The molecule has 0 bridgehead atoms. The summed E-state index contributed by atoms with van der Waals surface area (Å²) in [6.45, 7) is 1.97. The molecule has 1 aliphatic carbocycles. The van der Waals surface area contributed by atoms with Crippen LogP contribution in [0.3, 0.4) is 0 Å². The zero-order valence-corrected chi connectivity index (χ0v) is 9.80. The summed E-state index contributed by atoms with van der Waals surface area (Å²) in [5.74, 6) is -0.690. The van der Waals surface area contributed by atoms with Crippen LogP contribution in [0.25, 0.3) is 0 Å². The molecule has 1 spiro atoms. The molecule has 1 saturated heterocycles. The maximum atomic E-state index is 11.3. The third kappa shape index (κ3) is 2.07. The molecule has 0 radical (unpaired) electrons. The Morgan fingerprint density at radius 1 is 1.29 bits per heavy atom. The number of nitrogens with zero attached hydrogens (tertiary/aromatic N) is 1. The molecular formula is C14H17NO2. The second-order valence-corrected chi connectivity index (χ2v) is 5.45. The van der Waals surface area contributed by atoms with Gasteiger partial charge in [-0.15, -0.1) is 0 Å². The van der Waals surface area contributed by atoms with Gasteiger partial charge in [0.25, 0.3) is 0 Å². The minimum Gasteiger partial charge on any atom is -0.480 e. The molecule has 1 aromatic rings. The monoisotopic (exact) mass is 231 g/mol. The number of hydrogen-bond donors (Lipinski definition) is 1. The van der Waals surface area contributed by atoms with Crippen molar-refractivity contribution in [3.05, 3.63) is 35.9 Å². The largest absolute Gasteiger partial charge is 0.480 e. The molecule has 3 rings (SSSR count). The SMILES string of the molecule is O=C(O)C(Cc1ccccc1)N1CC2(CC2)C1. The summed E-state index contributed by atoms with van der Waals surface area (Å²) in [7, 11) is 0. The van der Waals surface area contributed by atoms with Gasteiger partial charge in [-0.2, -0.15) is 0 Å². The van der Waals surface area contributed by atoms with Gasteiger partial charge in [-0.05, 0) is 30.2 Å². The smallest absolute Gasteiger partial charge is 0.321 e. The highest BCUT2D eigenvalue weighted by Crippen LogP contribution is 2.53. The Balaban J connectivity index is 1.66. The maximum absolute atomic E-state index is 11.3. The van der Waals surface area contributed by atoms with Crippen molar-refractivity contribution < 1.29 is 9.90 Å². The summed E-state index contributed by atoms with van der Waals surface area (Å²) >= 11 is 0. The van der Waals surface area contributed by atoms with E-state index in [4.69, 9.17) is 0 Å². The molecule has 0 amide bonds. The Morgan fingerprint density at radius 3 is 2.47 bits per heavy atom. The van der Waals surface area contributed by atoms with Crippen LogP contribution in [0.4, 0.5) is 0 Å². The van der Waals surface area contributed by atoms with Crippen molar-refractivity contribution in [2.75, 3.05) is 13.1 Å². The van der Waals surface area contributed by atoms with E-state index < -0.39 is 5.97 Å². The van der Waals surface area contributed by atoms with E-state index in [2.05, 4.69) is 4.90 Å². The lowest BCUT2D eigenvalue weighted by Gasteiger charge is -2.43. The molecule has 3 heteroatoms. The Kier molecular flexibility index (Phi) is 2.44. The second kappa shape index (κ2) is 3.84. The molecule has 17 heavy (non-hydrogen) atoms. The predicted molar refractivity (Wildman–Crippen MR) is 64.8 cm³/mol. The van der Waals surface area contributed by atoms with Crippen molar-refractivity contribution in [2.24, 2.45) is 5.41 Å². The quantitative estimate of drug-likeness (QED) is 0.858. The highest BCUT2D eigenvalue weighted by molar-refractivity contribution is 5.74. The van der Waals surface area contributed by atoms with Gasteiger partial charge in [-0.25, -0.2) is 0 Å². The summed E-state index contributed by atoms with van der Waals surface area (Å²) in [4.78, 5) is 13.4. The van der Waals surface area contributed by atoms with E-state index in [0.717, 1.165) is 18.7 Å². The van der Waals surface area contributed by atoms with E-state index >= 15 is 0 Å². The van der Waals surface area contributed by atoms with Crippen LogP contribution < -0.4 is 0 Å². The Morgan fingerprint density at radius 2 is 1.94 bits per heavy atom. The highest BCUT2D eigenvalue weighted by atomic mass is 16.4. The van der Waals surface area contributed by atoms with Gasteiger partial charge in [0.1, 0.15) is 6.04 Å². The molecule has 1 atom stereocenters. The molecule has 1 saturated carbocycles. The van der Waals surface area contributed by atoms with Crippen LogP contribution >= 0.6 is 0 Å². The van der Waals surface area contributed by atoms with E-state index in [1.165, 1.54) is 12.8 Å². The molecule has 1 aliphatic heterocycles. The van der Waals surface area contributed by atoms with E-state index in [1.54, 1.807) is 0 Å². The standard InChI is InChI=1S/C14H17NO2/c16-13(17)12(8-11-4-2-1-3-5-11)15-9-14(10-15)6-7-14/h1-5,12H,6-10H2,(H,16,17). The van der Waals surface area contributed by atoms with E-state index in [9.17, 15) is 9.90 Å². The Hall–Kier alpha value is -1.35. The first-order valence-electron chi connectivity index (χ1n) is 6.19. The zero-order chi connectivity index (χ0) is 11.9. The number of benzene rings is 1. The molecule has 90 valence electrons. The van der Waals surface area contributed by atoms with Crippen molar-refractivity contribution in [1.29, 1.82) is 0 Å². The number of aliphatic carboxylic acids is 1. The maximum Gasteiger partial charge on any atom is 0.321 e. The van der Waals surface area contributed by atoms with Crippen molar-refractivity contribution in [1.82, 2.24) is 4.90 Å². The minimum atomic E-state index is -0.690. The van der Waals surface area contributed by atoms with Crippen molar-refractivity contribution in [3.63, 3.8) is 0 Å². The number of hydrogen-bond acceptors (Lipinski definition) is 2. The fourth-order valence-corrected chi connectivity index (χ4v) is 2.74. The van der Waals surface area contributed by atoms with Gasteiger partial charge < -0.3 is 5.11 Å². The zero-order valence-electron chi connectivity index (χ0n) is 9.80. The van der Waals surface area contributed by atoms with Gasteiger partial charge in [0.2, 0.25) is 0 Å². The molecule has 3 nitrogen and oxygen atoms in total. The summed E-state index contributed by atoms with van der Waals surface area (Å²) < 4.78 is 0. The van der Waals surface area contributed by atoms with Crippen LogP contribution in [-0.4, -0.2) is 35.1 Å². The predicted octanol–water partition coefficient (Wildman–Crippen LogP) is 1.78. The van der Waals surface area contributed by atoms with Gasteiger partial charge in [0, 0.05) is 13.1 Å². The minimum absolute atomic E-state index is 0.344. The molecule has 2 aliphatic rings. The third-order valence-electron chi connectivity index (χ3n) is 4.03. The van der Waals surface area contributed by atoms with Crippen molar-refractivity contribution in [2.45, 2.75) is 25.3 Å². The lowest BCUT2D eigenvalue weighted by Crippen LogP contribution is -2.56. The second-order valence-electron chi connectivity index (χ2n) is 5.45. The Bertz CT molecular complexity index is 417. The van der Waals surface area contributed by atoms with Crippen LogP contribution in [-0.2, 0) is 11.2 Å². The molecule has 0 aromatic heterocycles. The van der Waals surface area contributed by atoms with Crippen molar-refractivity contribution in [3.8, 4) is 0 Å². The summed E-state index contributed by atoms with van der Waals surface area (Å²) in [6, 6.07) is 9.55. The van der Waals surface area contributed by atoms with Crippen molar-refractivity contribution >= 4 is 5.97 Å². The first kappa shape index (κ1) is 10.8. The highest BCUT2D eigenvalue weighted by Gasteiger charge is 2.54. The molecular weight excluding hydrogens is 214 g/mol.